The van der Waals surface area contributed by atoms with Crippen LogP contribution in [0.1, 0.15) is 10.4 Å². The molecule has 0 aliphatic carbocycles. The number of nitrogens with zero attached hydrogens (tertiary/aromatic N) is 1. The first-order valence-corrected chi connectivity index (χ1v) is 7.38. The van der Waals surface area contributed by atoms with E-state index in [2.05, 4.69) is 10.3 Å². The lowest BCUT2D eigenvalue weighted by Gasteiger charge is -2.14. The maximum Gasteiger partial charge on any atom is 0.422 e. The van der Waals surface area contributed by atoms with Gasteiger partial charge in [-0.1, -0.05) is 24.3 Å². The molecule has 0 aliphatic heterocycles. The Morgan fingerprint density at radius 1 is 1.04 bits per heavy atom. The van der Waals surface area contributed by atoms with Crippen LogP contribution in [-0.4, -0.2) is 23.7 Å². The maximum atomic E-state index is 12.6. The Hall–Kier alpha value is -3.09. The molecule has 0 spiro atoms. The van der Waals surface area contributed by atoms with Crippen molar-refractivity contribution in [3.05, 3.63) is 66.4 Å². The van der Waals surface area contributed by atoms with Crippen molar-refractivity contribution in [2.75, 3.05) is 11.9 Å². The Morgan fingerprint density at radius 3 is 2.64 bits per heavy atom. The third-order valence-corrected chi connectivity index (χ3v) is 3.42. The molecule has 0 radical (unpaired) electrons. The Morgan fingerprint density at radius 2 is 1.84 bits per heavy atom. The number of hydrogen-bond acceptors (Lipinski definition) is 3. The Kier molecular flexibility index (Phi) is 4.56. The molecule has 1 amide bonds. The van der Waals surface area contributed by atoms with E-state index < -0.39 is 18.7 Å². The van der Waals surface area contributed by atoms with Crippen LogP contribution >= 0.6 is 0 Å². The Bertz CT molecular complexity index is 905. The summed E-state index contributed by atoms with van der Waals surface area (Å²) in [5.74, 6) is -0.506. The van der Waals surface area contributed by atoms with Gasteiger partial charge in [-0.25, -0.2) is 0 Å². The van der Waals surface area contributed by atoms with Gasteiger partial charge >= 0.3 is 6.18 Å². The highest BCUT2D eigenvalue weighted by Crippen LogP contribution is 2.27. The van der Waals surface area contributed by atoms with E-state index in [9.17, 15) is 18.0 Å². The van der Waals surface area contributed by atoms with Gasteiger partial charge in [-0.05, 0) is 30.3 Å². The summed E-state index contributed by atoms with van der Waals surface area (Å²) in [6.45, 7) is -1.43. The van der Waals surface area contributed by atoms with Gasteiger partial charge in [-0.3, -0.25) is 9.78 Å². The number of benzene rings is 2. The van der Waals surface area contributed by atoms with Crippen LogP contribution in [0.2, 0.25) is 0 Å². The summed E-state index contributed by atoms with van der Waals surface area (Å²) in [7, 11) is 0. The number of carbonyl (C=O) groups excluding carboxylic acids is 1. The highest BCUT2D eigenvalue weighted by Gasteiger charge is 2.29. The molecule has 25 heavy (non-hydrogen) atoms. The lowest BCUT2D eigenvalue weighted by molar-refractivity contribution is -0.153. The van der Waals surface area contributed by atoms with E-state index in [1.165, 1.54) is 18.2 Å². The lowest BCUT2D eigenvalue weighted by Crippen LogP contribution is -2.20. The Balaban J connectivity index is 1.86. The van der Waals surface area contributed by atoms with Crippen LogP contribution in [0.3, 0.4) is 0 Å². The quantitative estimate of drug-likeness (QED) is 0.760. The Labute approximate surface area is 141 Å². The van der Waals surface area contributed by atoms with Gasteiger partial charge in [0.2, 0.25) is 0 Å². The van der Waals surface area contributed by atoms with Gasteiger partial charge in [-0.2, -0.15) is 13.2 Å². The van der Waals surface area contributed by atoms with E-state index in [1.54, 1.807) is 42.6 Å². The normalized spacial score (nSPS) is 11.3. The van der Waals surface area contributed by atoms with Crippen molar-refractivity contribution >= 4 is 22.5 Å². The predicted octanol–water partition coefficient (Wildman–Crippen LogP) is 4.43. The summed E-state index contributed by atoms with van der Waals surface area (Å²) >= 11 is 0. The van der Waals surface area contributed by atoms with Crippen LogP contribution in [0.15, 0.2) is 60.8 Å². The molecule has 1 N–H and O–H groups in total. The number of rotatable bonds is 4. The molecule has 0 atom stereocenters. The number of para-hydroxylation sites is 2. The van der Waals surface area contributed by atoms with Crippen molar-refractivity contribution in [2.24, 2.45) is 0 Å². The van der Waals surface area contributed by atoms with Gasteiger partial charge in [-0.15, -0.1) is 0 Å². The molecule has 0 fully saturated rings. The second-order valence-corrected chi connectivity index (χ2v) is 5.23. The van der Waals surface area contributed by atoms with Crippen LogP contribution in [0.25, 0.3) is 10.9 Å². The van der Waals surface area contributed by atoms with Crippen LogP contribution in [-0.2, 0) is 0 Å². The number of anilines is 1. The second kappa shape index (κ2) is 6.80. The molecule has 3 aromatic rings. The number of halogens is 3. The van der Waals surface area contributed by atoms with Crippen molar-refractivity contribution < 1.29 is 22.7 Å². The number of carbonyl (C=O) groups is 1. The lowest BCUT2D eigenvalue weighted by atomic mass is 10.1. The van der Waals surface area contributed by atoms with Crippen molar-refractivity contribution in [1.29, 1.82) is 0 Å². The minimum Gasteiger partial charge on any atom is -0.482 e. The molecule has 1 heterocycles. The minimum absolute atomic E-state index is 0.0495. The zero-order valence-corrected chi connectivity index (χ0v) is 12.9. The van der Waals surface area contributed by atoms with Crippen LogP contribution in [0, 0.1) is 0 Å². The van der Waals surface area contributed by atoms with E-state index in [1.807, 2.05) is 0 Å². The van der Waals surface area contributed by atoms with Gasteiger partial charge in [0.15, 0.2) is 6.61 Å². The summed E-state index contributed by atoms with van der Waals surface area (Å²) < 4.78 is 41.8. The zero-order valence-electron chi connectivity index (χ0n) is 12.9. The second-order valence-electron chi connectivity index (χ2n) is 5.23. The first-order valence-electron chi connectivity index (χ1n) is 7.38. The van der Waals surface area contributed by atoms with Crippen LogP contribution in [0.5, 0.6) is 5.75 Å². The number of hydrogen-bond donors (Lipinski definition) is 1. The molecule has 0 aliphatic rings. The minimum atomic E-state index is -4.46. The van der Waals surface area contributed by atoms with E-state index in [0.717, 1.165) is 0 Å². The first-order chi connectivity index (χ1) is 11.9. The fourth-order valence-electron chi connectivity index (χ4n) is 2.35. The van der Waals surface area contributed by atoms with Crippen molar-refractivity contribution in [3.63, 3.8) is 0 Å². The number of ether oxygens (including phenoxy) is 1. The molecule has 128 valence electrons. The van der Waals surface area contributed by atoms with Crippen LogP contribution in [0.4, 0.5) is 18.9 Å². The number of nitrogens with one attached hydrogen (secondary N) is 1. The molecule has 1 aromatic heterocycles. The first kappa shape index (κ1) is 16.8. The zero-order chi connectivity index (χ0) is 17.9. The number of alkyl halides is 3. The van der Waals surface area contributed by atoms with Crippen molar-refractivity contribution in [1.82, 2.24) is 4.98 Å². The predicted molar refractivity (Wildman–Crippen MR) is 87.7 cm³/mol. The third-order valence-electron chi connectivity index (χ3n) is 3.42. The maximum absolute atomic E-state index is 12.6. The molecular weight excluding hydrogens is 333 g/mol. The fraction of sp³-hybridized carbons (Fsp3) is 0.111. The molecule has 2 aromatic carbocycles. The topological polar surface area (TPSA) is 51.2 Å². The standard InChI is InChI=1S/C18H13F3N2O2/c19-18(20,21)11-25-16-9-2-1-7-15(16)23-17(24)13-5-3-8-14-12(13)6-4-10-22-14/h1-10H,11H2,(H,23,24). The average molecular weight is 346 g/mol. The van der Waals surface area contributed by atoms with E-state index in [4.69, 9.17) is 4.74 Å². The number of fused-ring (bicyclic) bond motifs is 1. The van der Waals surface area contributed by atoms with Crippen molar-refractivity contribution in [2.45, 2.75) is 6.18 Å². The summed E-state index contributed by atoms with van der Waals surface area (Å²) in [5, 5.41) is 3.25. The highest BCUT2D eigenvalue weighted by atomic mass is 19.4. The molecule has 7 heteroatoms. The monoisotopic (exact) mass is 346 g/mol. The molecule has 0 saturated heterocycles. The average Bonchev–Trinajstić information content (AvgIpc) is 2.59. The molecule has 0 bridgehead atoms. The van der Waals surface area contributed by atoms with E-state index in [0.29, 0.717) is 16.5 Å². The van der Waals surface area contributed by atoms with Gasteiger partial charge in [0, 0.05) is 17.1 Å². The highest BCUT2D eigenvalue weighted by molar-refractivity contribution is 6.12. The number of pyridine rings is 1. The molecule has 3 rings (SSSR count). The number of amides is 1. The van der Waals surface area contributed by atoms with Crippen molar-refractivity contribution in [3.8, 4) is 5.75 Å². The summed E-state index contributed by atoms with van der Waals surface area (Å²) in [6.07, 6.45) is -2.84. The van der Waals surface area contributed by atoms with E-state index in [-0.39, 0.29) is 11.4 Å². The van der Waals surface area contributed by atoms with Gasteiger partial charge < -0.3 is 10.1 Å². The number of aromatic nitrogens is 1. The van der Waals surface area contributed by atoms with Crippen LogP contribution < -0.4 is 10.1 Å². The summed E-state index contributed by atoms with van der Waals surface area (Å²) in [4.78, 5) is 16.7. The fourth-order valence-corrected chi connectivity index (χ4v) is 2.35. The van der Waals surface area contributed by atoms with Gasteiger partial charge in [0.25, 0.3) is 5.91 Å². The SMILES string of the molecule is O=C(Nc1ccccc1OCC(F)(F)F)c1cccc2ncccc12. The molecule has 4 nitrogen and oxygen atoms in total. The molecule has 0 saturated carbocycles. The van der Waals surface area contributed by atoms with E-state index >= 15 is 0 Å². The van der Waals surface area contributed by atoms with Gasteiger partial charge in [0.1, 0.15) is 5.75 Å². The summed E-state index contributed by atoms with van der Waals surface area (Å²) in [6, 6.07) is 14.5. The molecular formula is C18H13F3N2O2. The molecule has 0 unspecified atom stereocenters. The summed E-state index contributed by atoms with van der Waals surface area (Å²) in [5.41, 5.74) is 1.19. The smallest absolute Gasteiger partial charge is 0.422 e. The largest absolute Gasteiger partial charge is 0.482 e. The third kappa shape index (κ3) is 4.06. The van der Waals surface area contributed by atoms with Gasteiger partial charge in [0.05, 0.1) is 11.2 Å².